The number of phenols is 1. The molecule has 1 N–H and O–H groups in total. The van der Waals surface area contributed by atoms with E-state index in [1.165, 1.54) is 25.0 Å². The normalized spacial score (nSPS) is 8.75. The molecule has 0 spiro atoms. The Labute approximate surface area is 170 Å². The Hall–Kier alpha value is -3.13. The molecule has 0 bridgehead atoms. The molecule has 28 heavy (non-hydrogen) atoms. The topological polar surface area (TPSA) is 37.3 Å². The summed E-state index contributed by atoms with van der Waals surface area (Å²) in [4.78, 5) is 9.44. The third-order valence-electron chi connectivity index (χ3n) is 3.26. The number of rotatable bonds is 2. The number of aromatic hydroxyl groups is 1. The zero-order valence-electron chi connectivity index (χ0n) is 17.4. The van der Waals surface area contributed by atoms with Crippen LogP contribution in [-0.2, 0) is 4.79 Å². The van der Waals surface area contributed by atoms with E-state index in [1.54, 1.807) is 24.3 Å². The lowest BCUT2D eigenvalue weighted by Gasteiger charge is -2.01. The summed E-state index contributed by atoms with van der Waals surface area (Å²) in [5, 5.41) is 8.63. The minimum absolute atomic E-state index is 0.167. The molecule has 3 aromatic rings. The zero-order valence-corrected chi connectivity index (χ0v) is 17.4. The number of Topliss-reactive ketones (excluding diaryl/α,β-unsaturated/α-hetero) is 1. The van der Waals surface area contributed by atoms with Crippen LogP contribution in [0.4, 0.5) is 0 Å². The maximum Gasteiger partial charge on any atom is 0.126 e. The fourth-order valence-electron chi connectivity index (χ4n) is 1.86. The quantitative estimate of drug-likeness (QED) is 0.516. The van der Waals surface area contributed by atoms with E-state index >= 15 is 0 Å². The monoisotopic (exact) mass is 376 g/mol. The molecule has 0 fully saturated rings. The molecule has 0 radical (unpaired) electrons. The van der Waals surface area contributed by atoms with E-state index in [-0.39, 0.29) is 5.78 Å². The predicted octanol–water partition coefficient (Wildman–Crippen LogP) is 7.13. The van der Waals surface area contributed by atoms with Crippen molar-refractivity contribution in [1.82, 2.24) is 0 Å². The molecule has 0 saturated carbocycles. The van der Waals surface area contributed by atoms with Gasteiger partial charge in [0.1, 0.15) is 11.5 Å². The van der Waals surface area contributed by atoms with Crippen LogP contribution >= 0.6 is 0 Å². The molecule has 2 nitrogen and oxygen atoms in total. The fraction of sp³-hybridized carbons (Fsp3) is 0.192. The Balaban J connectivity index is 0.000000360. The highest BCUT2D eigenvalue weighted by Gasteiger charge is 1.93. The van der Waals surface area contributed by atoms with Crippen LogP contribution in [0.5, 0.6) is 5.75 Å². The molecule has 3 rings (SSSR count). The first kappa shape index (κ1) is 24.9. The Kier molecular flexibility index (Phi) is 14.3. The van der Waals surface area contributed by atoms with Crippen molar-refractivity contribution in [2.45, 2.75) is 33.6 Å². The van der Waals surface area contributed by atoms with Gasteiger partial charge < -0.3 is 9.90 Å². The lowest BCUT2D eigenvalue weighted by molar-refractivity contribution is -0.114. The minimum atomic E-state index is 0.167. The molecule has 0 aliphatic heterocycles. The molecule has 0 unspecified atom stereocenters. The van der Waals surface area contributed by atoms with Gasteiger partial charge in [0.2, 0.25) is 0 Å². The third kappa shape index (κ3) is 15.2. The van der Waals surface area contributed by atoms with E-state index in [4.69, 9.17) is 5.11 Å². The standard InChI is InChI=1S/C9H12.C8H8.C6H6O.C3H6O/c1-8(2)9-6-4-3-5-7-9;1-2-8-6-4-3-5-7-8;7-6-4-2-1-3-5-6;1-3(2)4/h3-8H,1-2H3;2-7H,1H2;1-5,7H;1-2H3. The lowest BCUT2D eigenvalue weighted by atomic mass is 10.0. The van der Waals surface area contributed by atoms with E-state index in [0.717, 1.165) is 0 Å². The smallest absolute Gasteiger partial charge is 0.126 e. The summed E-state index contributed by atoms with van der Waals surface area (Å²) in [5.74, 6) is 1.15. The van der Waals surface area contributed by atoms with Gasteiger partial charge in [-0.2, -0.15) is 0 Å². The van der Waals surface area contributed by atoms with E-state index in [1.807, 2.05) is 48.5 Å². The van der Waals surface area contributed by atoms with E-state index in [0.29, 0.717) is 11.7 Å². The second-order valence-electron chi connectivity index (χ2n) is 6.42. The van der Waals surface area contributed by atoms with Crippen LogP contribution in [0, 0.1) is 0 Å². The molecular formula is C26H32O2. The molecular weight excluding hydrogens is 344 g/mol. The van der Waals surface area contributed by atoms with Gasteiger partial charge in [0.25, 0.3) is 0 Å². The summed E-state index contributed by atoms with van der Waals surface area (Å²) in [7, 11) is 0. The fourth-order valence-corrected chi connectivity index (χ4v) is 1.86. The Bertz CT molecular complexity index is 744. The Morgan fingerprint density at radius 1 is 0.786 bits per heavy atom. The number of benzene rings is 3. The second kappa shape index (κ2) is 16.1. The van der Waals surface area contributed by atoms with Gasteiger partial charge >= 0.3 is 0 Å². The molecule has 0 heterocycles. The van der Waals surface area contributed by atoms with Crippen LogP contribution in [0.2, 0.25) is 0 Å². The summed E-state index contributed by atoms with van der Waals surface area (Å²) in [6.07, 6.45) is 1.83. The van der Waals surface area contributed by atoms with Crippen molar-refractivity contribution in [3.63, 3.8) is 0 Å². The minimum Gasteiger partial charge on any atom is -0.508 e. The number of hydrogen-bond donors (Lipinski definition) is 1. The lowest BCUT2D eigenvalue weighted by Crippen LogP contribution is -1.83. The van der Waals surface area contributed by atoms with Gasteiger partial charge in [-0.05, 0) is 43.0 Å². The SMILES string of the molecule is C=Cc1ccccc1.CC(C)=O.CC(C)c1ccccc1.Oc1ccccc1. The average molecular weight is 377 g/mol. The maximum atomic E-state index is 9.44. The number of carbonyl (C=O) groups is 1. The van der Waals surface area contributed by atoms with Crippen molar-refractivity contribution < 1.29 is 9.90 Å². The van der Waals surface area contributed by atoms with E-state index < -0.39 is 0 Å². The Morgan fingerprint density at radius 3 is 1.36 bits per heavy atom. The average Bonchev–Trinajstić information content (AvgIpc) is 2.70. The molecule has 2 heteroatoms. The highest BCUT2D eigenvalue weighted by Crippen LogP contribution is 2.11. The third-order valence-corrected chi connectivity index (χ3v) is 3.26. The second-order valence-corrected chi connectivity index (χ2v) is 6.42. The highest BCUT2D eigenvalue weighted by atomic mass is 16.3. The summed E-state index contributed by atoms with van der Waals surface area (Å²) >= 11 is 0. The van der Waals surface area contributed by atoms with Gasteiger partial charge in [-0.1, -0.05) is 105 Å². The number of phenolic OH excluding ortho intramolecular Hbond substituents is 1. The van der Waals surface area contributed by atoms with Crippen molar-refractivity contribution in [2.75, 3.05) is 0 Å². The number of carbonyl (C=O) groups excluding carboxylic acids is 1. The number of ketones is 1. The van der Waals surface area contributed by atoms with Crippen LogP contribution in [0.1, 0.15) is 44.7 Å². The number of para-hydroxylation sites is 1. The Morgan fingerprint density at radius 2 is 1.14 bits per heavy atom. The van der Waals surface area contributed by atoms with Gasteiger partial charge in [0.05, 0.1) is 0 Å². The molecule has 0 saturated heterocycles. The van der Waals surface area contributed by atoms with E-state index in [9.17, 15) is 4.79 Å². The van der Waals surface area contributed by atoms with Crippen molar-refractivity contribution >= 4 is 11.9 Å². The molecule has 0 aliphatic carbocycles. The van der Waals surface area contributed by atoms with Gasteiger partial charge in [0, 0.05) is 0 Å². The molecule has 0 amide bonds. The van der Waals surface area contributed by atoms with Gasteiger partial charge in [-0.15, -0.1) is 0 Å². The van der Waals surface area contributed by atoms with Gasteiger partial charge in [-0.3, -0.25) is 0 Å². The van der Waals surface area contributed by atoms with Gasteiger partial charge in [0.15, 0.2) is 0 Å². The molecule has 0 atom stereocenters. The van der Waals surface area contributed by atoms with Crippen LogP contribution in [-0.4, -0.2) is 10.9 Å². The van der Waals surface area contributed by atoms with Crippen LogP contribution in [0.15, 0.2) is 97.6 Å². The van der Waals surface area contributed by atoms with Crippen LogP contribution in [0.3, 0.4) is 0 Å². The van der Waals surface area contributed by atoms with Crippen LogP contribution < -0.4 is 0 Å². The zero-order chi connectivity index (χ0) is 21.2. The van der Waals surface area contributed by atoms with Crippen molar-refractivity contribution in [2.24, 2.45) is 0 Å². The van der Waals surface area contributed by atoms with Crippen molar-refractivity contribution in [3.8, 4) is 5.75 Å². The molecule has 0 aliphatic rings. The van der Waals surface area contributed by atoms with Gasteiger partial charge in [-0.25, -0.2) is 0 Å². The highest BCUT2D eigenvalue weighted by molar-refractivity contribution is 5.72. The van der Waals surface area contributed by atoms with E-state index in [2.05, 4.69) is 44.7 Å². The molecule has 148 valence electrons. The first-order chi connectivity index (χ1) is 13.4. The maximum absolute atomic E-state index is 9.44. The summed E-state index contributed by atoms with van der Waals surface area (Å²) in [6.45, 7) is 11.1. The first-order valence-electron chi connectivity index (χ1n) is 9.30. The molecule has 3 aromatic carbocycles. The summed E-state index contributed by atoms with van der Waals surface area (Å²) in [6, 6.07) is 29.3. The molecule has 0 aromatic heterocycles. The summed E-state index contributed by atoms with van der Waals surface area (Å²) < 4.78 is 0. The van der Waals surface area contributed by atoms with Crippen molar-refractivity contribution in [3.05, 3.63) is 109 Å². The number of hydrogen-bond acceptors (Lipinski definition) is 2. The van der Waals surface area contributed by atoms with Crippen molar-refractivity contribution in [1.29, 1.82) is 0 Å². The van der Waals surface area contributed by atoms with Crippen LogP contribution in [0.25, 0.3) is 6.08 Å². The largest absolute Gasteiger partial charge is 0.508 e. The first-order valence-corrected chi connectivity index (χ1v) is 9.30. The predicted molar refractivity (Wildman–Crippen MR) is 122 cm³/mol. The summed E-state index contributed by atoms with van der Waals surface area (Å²) in [5.41, 5.74) is 2.59.